The van der Waals surface area contributed by atoms with Crippen LogP contribution in [-0.2, 0) is 24.0 Å². The van der Waals surface area contributed by atoms with Crippen molar-refractivity contribution in [2.24, 2.45) is 0 Å². The van der Waals surface area contributed by atoms with E-state index in [-0.39, 0.29) is 36.8 Å². The molecular weight excluding hydrogens is 344 g/mol. The van der Waals surface area contributed by atoms with Gasteiger partial charge < -0.3 is 4.84 Å². The van der Waals surface area contributed by atoms with Gasteiger partial charge in [-0.25, -0.2) is 4.79 Å². The second kappa shape index (κ2) is 6.87. The first kappa shape index (κ1) is 17.5. The third-order valence-corrected chi connectivity index (χ3v) is 4.06. The lowest BCUT2D eigenvalue weighted by Crippen LogP contribution is -2.34. The van der Waals surface area contributed by atoms with E-state index in [1.807, 2.05) is 0 Å². The number of amides is 4. The maximum Gasteiger partial charge on any atom is 0.363 e. The number of imide groups is 2. The van der Waals surface area contributed by atoms with Crippen LogP contribution in [0.15, 0.2) is 24.3 Å². The van der Waals surface area contributed by atoms with Crippen molar-refractivity contribution in [2.75, 3.05) is 6.54 Å². The van der Waals surface area contributed by atoms with E-state index < -0.39 is 41.9 Å². The summed E-state index contributed by atoms with van der Waals surface area (Å²) in [6, 6.07) is 5.43. The first-order valence-electron chi connectivity index (χ1n) is 7.91. The first-order valence-corrected chi connectivity index (χ1v) is 7.91. The van der Waals surface area contributed by atoms with Crippen LogP contribution in [0.25, 0.3) is 0 Å². The molecule has 0 N–H and O–H groups in total. The number of rotatable bonds is 5. The molecule has 0 bridgehead atoms. The molecule has 9 nitrogen and oxygen atoms in total. The highest BCUT2D eigenvalue weighted by atomic mass is 16.7. The van der Waals surface area contributed by atoms with Gasteiger partial charge in [0.05, 0.1) is 12.1 Å². The van der Waals surface area contributed by atoms with Gasteiger partial charge in [-0.05, 0) is 12.1 Å². The average molecular weight is 358 g/mol. The molecule has 0 spiro atoms. The molecule has 2 saturated heterocycles. The molecule has 0 atom stereocenters. The number of ketones is 1. The van der Waals surface area contributed by atoms with Crippen molar-refractivity contribution in [3.63, 3.8) is 0 Å². The van der Waals surface area contributed by atoms with Gasteiger partial charge in [-0.3, -0.25) is 28.9 Å². The Bertz CT molecular complexity index is 748. The zero-order chi connectivity index (χ0) is 18.8. The summed E-state index contributed by atoms with van der Waals surface area (Å²) in [5, 5.41) is 0.415. The summed E-state index contributed by atoms with van der Waals surface area (Å²) in [6.07, 6.45) is 0.109. The van der Waals surface area contributed by atoms with E-state index in [9.17, 15) is 28.8 Å². The van der Waals surface area contributed by atoms with Gasteiger partial charge in [0.15, 0.2) is 5.78 Å². The maximum atomic E-state index is 12.3. The third-order valence-electron chi connectivity index (χ3n) is 4.06. The standard InChI is InChI=1S/C17H14N2O7/c20-12(9-18-13(21)4-5-14(18)22)10-2-1-3-11(8-10)17(25)26-19-15(23)6-7-16(19)24/h1-3,8H,4-7,9H2. The molecule has 26 heavy (non-hydrogen) atoms. The van der Waals surface area contributed by atoms with Gasteiger partial charge in [-0.2, -0.15) is 0 Å². The number of likely N-dealkylation sites (tertiary alicyclic amines) is 1. The first-order chi connectivity index (χ1) is 12.4. The minimum Gasteiger partial charge on any atom is -0.325 e. The number of Topliss-reactive ketones (excluding diaryl/α,β-unsaturated/α-hetero) is 1. The van der Waals surface area contributed by atoms with Crippen LogP contribution in [0.1, 0.15) is 46.4 Å². The van der Waals surface area contributed by atoms with Gasteiger partial charge in [0.1, 0.15) is 0 Å². The summed E-state index contributed by atoms with van der Waals surface area (Å²) in [5.41, 5.74) is 0.0634. The van der Waals surface area contributed by atoms with E-state index in [1.165, 1.54) is 24.3 Å². The smallest absolute Gasteiger partial charge is 0.325 e. The monoisotopic (exact) mass is 358 g/mol. The molecule has 2 heterocycles. The predicted octanol–water partition coefficient (Wildman–Crippen LogP) is 0.239. The molecule has 2 fully saturated rings. The molecule has 0 unspecified atom stereocenters. The Morgan fingerprint density at radius 1 is 0.846 bits per heavy atom. The highest BCUT2D eigenvalue weighted by Gasteiger charge is 2.33. The topological polar surface area (TPSA) is 118 Å². The van der Waals surface area contributed by atoms with E-state index in [0.29, 0.717) is 5.06 Å². The Morgan fingerprint density at radius 3 is 2.00 bits per heavy atom. The zero-order valence-corrected chi connectivity index (χ0v) is 13.6. The van der Waals surface area contributed by atoms with Crippen molar-refractivity contribution in [3.8, 4) is 0 Å². The molecule has 1 aromatic carbocycles. The number of carbonyl (C=O) groups is 6. The van der Waals surface area contributed by atoms with E-state index in [2.05, 4.69) is 0 Å². The summed E-state index contributed by atoms with van der Waals surface area (Å²) < 4.78 is 0. The molecule has 134 valence electrons. The van der Waals surface area contributed by atoms with Crippen LogP contribution >= 0.6 is 0 Å². The van der Waals surface area contributed by atoms with Crippen LogP contribution in [0.5, 0.6) is 0 Å². The lowest BCUT2D eigenvalue weighted by molar-refractivity contribution is -0.172. The summed E-state index contributed by atoms with van der Waals surface area (Å²) in [4.78, 5) is 76.2. The zero-order valence-electron chi connectivity index (χ0n) is 13.6. The number of benzene rings is 1. The van der Waals surface area contributed by atoms with E-state index in [4.69, 9.17) is 4.84 Å². The second-order valence-electron chi connectivity index (χ2n) is 5.84. The van der Waals surface area contributed by atoms with Crippen molar-refractivity contribution in [2.45, 2.75) is 25.7 Å². The Labute approximate surface area is 147 Å². The van der Waals surface area contributed by atoms with E-state index in [0.717, 1.165) is 4.90 Å². The van der Waals surface area contributed by atoms with E-state index in [1.54, 1.807) is 0 Å². The maximum absolute atomic E-state index is 12.3. The third kappa shape index (κ3) is 3.37. The van der Waals surface area contributed by atoms with Gasteiger partial charge >= 0.3 is 5.97 Å². The van der Waals surface area contributed by atoms with Crippen LogP contribution < -0.4 is 0 Å². The minimum atomic E-state index is -0.962. The van der Waals surface area contributed by atoms with Crippen molar-refractivity contribution in [1.82, 2.24) is 9.96 Å². The lowest BCUT2D eigenvalue weighted by Gasteiger charge is -2.14. The van der Waals surface area contributed by atoms with Crippen LogP contribution in [0, 0.1) is 0 Å². The number of hydrogen-bond donors (Lipinski definition) is 0. The normalized spacial score (nSPS) is 17.2. The number of nitrogens with zero attached hydrogens (tertiary/aromatic N) is 2. The van der Waals surface area contributed by atoms with Crippen LogP contribution in [0.3, 0.4) is 0 Å². The van der Waals surface area contributed by atoms with Crippen molar-refractivity contribution < 1.29 is 33.6 Å². The Morgan fingerprint density at radius 2 is 1.38 bits per heavy atom. The molecule has 3 rings (SSSR count). The van der Waals surface area contributed by atoms with Gasteiger partial charge in [0.25, 0.3) is 11.8 Å². The second-order valence-corrected chi connectivity index (χ2v) is 5.84. The highest BCUT2D eigenvalue weighted by Crippen LogP contribution is 2.16. The van der Waals surface area contributed by atoms with Gasteiger partial charge in [-0.1, -0.05) is 12.1 Å². The van der Waals surface area contributed by atoms with E-state index >= 15 is 0 Å². The average Bonchev–Trinajstić information content (AvgIpc) is 3.11. The summed E-state index contributed by atoms with van der Waals surface area (Å²) in [6.45, 7) is -0.404. The highest BCUT2D eigenvalue weighted by molar-refractivity contribution is 6.08. The molecule has 2 aliphatic rings. The fraction of sp³-hybridized carbons (Fsp3) is 0.294. The molecule has 0 radical (unpaired) electrons. The molecule has 4 amide bonds. The number of carbonyl (C=O) groups excluding carboxylic acids is 6. The molecule has 0 saturated carbocycles. The molecule has 9 heteroatoms. The van der Waals surface area contributed by atoms with Crippen LogP contribution in [0.4, 0.5) is 0 Å². The molecule has 0 aromatic heterocycles. The molecule has 0 aliphatic carbocycles. The van der Waals surface area contributed by atoms with Gasteiger partial charge in [0, 0.05) is 31.2 Å². The lowest BCUT2D eigenvalue weighted by atomic mass is 10.1. The summed E-state index contributed by atoms with van der Waals surface area (Å²) in [5.74, 6) is -3.52. The van der Waals surface area contributed by atoms with Gasteiger partial charge in [0.2, 0.25) is 11.8 Å². The molecule has 2 aliphatic heterocycles. The number of hydroxylamine groups is 2. The van der Waals surface area contributed by atoms with Crippen LogP contribution in [0.2, 0.25) is 0 Å². The Balaban J connectivity index is 1.71. The van der Waals surface area contributed by atoms with Crippen molar-refractivity contribution >= 4 is 35.4 Å². The fourth-order valence-corrected chi connectivity index (χ4v) is 2.65. The molecular formula is C17H14N2O7. The quantitative estimate of drug-likeness (QED) is 0.546. The fourth-order valence-electron chi connectivity index (χ4n) is 2.65. The summed E-state index contributed by atoms with van der Waals surface area (Å²) in [7, 11) is 0. The SMILES string of the molecule is O=C(CN1C(=O)CCC1=O)c1cccc(C(=O)ON2C(=O)CCC2=O)c1. The number of hydrogen-bond acceptors (Lipinski definition) is 7. The predicted molar refractivity (Wildman–Crippen MR) is 83.2 cm³/mol. The van der Waals surface area contributed by atoms with Crippen molar-refractivity contribution in [3.05, 3.63) is 35.4 Å². The Kier molecular flexibility index (Phi) is 4.61. The van der Waals surface area contributed by atoms with Crippen LogP contribution in [-0.4, -0.2) is 51.9 Å². The van der Waals surface area contributed by atoms with Crippen molar-refractivity contribution in [1.29, 1.82) is 0 Å². The largest absolute Gasteiger partial charge is 0.363 e. The summed E-state index contributed by atoms with van der Waals surface area (Å²) >= 11 is 0. The minimum absolute atomic E-state index is 0.0253. The Hall–Kier alpha value is -3.36. The molecule has 1 aromatic rings. The van der Waals surface area contributed by atoms with Gasteiger partial charge in [-0.15, -0.1) is 5.06 Å².